The van der Waals surface area contributed by atoms with Crippen LogP contribution < -0.4 is 0 Å². The highest BCUT2D eigenvalue weighted by molar-refractivity contribution is 6.35. The van der Waals surface area contributed by atoms with Gasteiger partial charge in [-0.05, 0) is 6.07 Å². The molecule has 0 saturated heterocycles. The molecule has 3 heterocycles. The molecule has 4 nitrogen and oxygen atoms in total. The molecule has 0 aliphatic rings. The second kappa shape index (κ2) is 3.30. The third-order valence-electron chi connectivity index (χ3n) is 2.58. The van der Waals surface area contributed by atoms with Crippen LogP contribution in [0.4, 0.5) is 0 Å². The molecule has 3 aromatic heterocycles. The minimum absolute atomic E-state index is 0.430. The minimum atomic E-state index is 0.430. The van der Waals surface area contributed by atoms with Crippen LogP contribution in [0.15, 0.2) is 18.6 Å². The van der Waals surface area contributed by atoms with Crippen molar-refractivity contribution < 1.29 is 0 Å². The molecule has 0 bridgehead atoms. The predicted octanol–water partition coefficient (Wildman–Crippen LogP) is 2.82. The number of aromatic nitrogens is 4. The molecule has 3 rings (SSSR count). The molecule has 0 saturated carbocycles. The van der Waals surface area contributed by atoms with Crippen molar-refractivity contribution in [2.75, 3.05) is 0 Å². The van der Waals surface area contributed by atoms with Gasteiger partial charge in [0, 0.05) is 18.6 Å². The Labute approximate surface area is 101 Å². The van der Waals surface area contributed by atoms with E-state index >= 15 is 0 Å². The van der Waals surface area contributed by atoms with Crippen molar-refractivity contribution in [3.05, 3.63) is 28.9 Å². The molecule has 0 fully saturated rings. The zero-order valence-corrected chi connectivity index (χ0v) is 9.79. The zero-order valence-electron chi connectivity index (χ0n) is 8.28. The van der Waals surface area contributed by atoms with Crippen molar-refractivity contribution >= 4 is 45.1 Å². The maximum Gasteiger partial charge on any atom is 0.156 e. The van der Waals surface area contributed by atoms with E-state index in [4.69, 9.17) is 23.2 Å². The average Bonchev–Trinajstić information content (AvgIpc) is 2.54. The Kier molecular flexibility index (Phi) is 2.02. The molecule has 0 amide bonds. The Morgan fingerprint density at radius 1 is 1.19 bits per heavy atom. The second-order valence-electron chi connectivity index (χ2n) is 3.44. The largest absolute Gasteiger partial charge is 0.340 e. The zero-order chi connectivity index (χ0) is 11.3. The standard InChI is InChI=1S/C10H6Cl2N4/c1-16-6-2-7(11)13-3-5(6)8-9(16)10(12)15-4-14-8/h2-4H,1H3. The molecule has 0 atom stereocenters. The second-order valence-corrected chi connectivity index (χ2v) is 4.19. The molecule has 0 unspecified atom stereocenters. The van der Waals surface area contributed by atoms with Crippen LogP contribution in [0.5, 0.6) is 0 Å². The predicted molar refractivity (Wildman–Crippen MR) is 63.8 cm³/mol. The van der Waals surface area contributed by atoms with Crippen LogP contribution >= 0.6 is 23.2 Å². The quantitative estimate of drug-likeness (QED) is 0.457. The van der Waals surface area contributed by atoms with Gasteiger partial charge in [-0.15, -0.1) is 0 Å². The lowest BCUT2D eigenvalue weighted by molar-refractivity contribution is 1.00. The molecule has 0 aliphatic carbocycles. The highest BCUT2D eigenvalue weighted by Crippen LogP contribution is 2.30. The number of halogens is 2. The number of fused-ring (bicyclic) bond motifs is 3. The normalized spacial score (nSPS) is 11.4. The average molecular weight is 253 g/mol. The Hall–Kier alpha value is -1.39. The number of hydrogen-bond donors (Lipinski definition) is 0. The smallest absolute Gasteiger partial charge is 0.156 e. The highest BCUT2D eigenvalue weighted by atomic mass is 35.5. The number of hydrogen-bond acceptors (Lipinski definition) is 3. The lowest BCUT2D eigenvalue weighted by Gasteiger charge is -1.97. The Bertz CT molecular complexity index is 705. The van der Waals surface area contributed by atoms with Gasteiger partial charge in [-0.25, -0.2) is 15.0 Å². The molecule has 0 aliphatic heterocycles. The van der Waals surface area contributed by atoms with Crippen LogP contribution in [0.25, 0.3) is 21.9 Å². The van der Waals surface area contributed by atoms with Gasteiger partial charge in [0.1, 0.15) is 22.5 Å². The van der Waals surface area contributed by atoms with Gasteiger partial charge in [0.15, 0.2) is 5.15 Å². The summed E-state index contributed by atoms with van der Waals surface area (Å²) in [6, 6.07) is 1.79. The van der Waals surface area contributed by atoms with E-state index in [1.165, 1.54) is 6.33 Å². The molecule has 80 valence electrons. The topological polar surface area (TPSA) is 43.6 Å². The van der Waals surface area contributed by atoms with E-state index in [0.717, 1.165) is 21.9 Å². The van der Waals surface area contributed by atoms with E-state index in [0.29, 0.717) is 10.3 Å². The monoisotopic (exact) mass is 252 g/mol. The summed E-state index contributed by atoms with van der Waals surface area (Å²) >= 11 is 11.9. The Morgan fingerprint density at radius 3 is 2.81 bits per heavy atom. The van der Waals surface area contributed by atoms with E-state index in [2.05, 4.69) is 15.0 Å². The first-order chi connectivity index (χ1) is 7.68. The van der Waals surface area contributed by atoms with Gasteiger partial charge in [-0.1, -0.05) is 23.2 Å². The molecule has 3 aromatic rings. The van der Waals surface area contributed by atoms with Gasteiger partial charge >= 0.3 is 0 Å². The molecule has 0 spiro atoms. The lowest BCUT2D eigenvalue weighted by Crippen LogP contribution is -1.89. The molecule has 0 N–H and O–H groups in total. The first kappa shape index (κ1) is 9.81. The highest BCUT2D eigenvalue weighted by Gasteiger charge is 2.13. The van der Waals surface area contributed by atoms with E-state index < -0.39 is 0 Å². The maximum absolute atomic E-state index is 6.05. The summed E-state index contributed by atoms with van der Waals surface area (Å²) in [6.45, 7) is 0. The van der Waals surface area contributed by atoms with Crippen molar-refractivity contribution in [2.24, 2.45) is 7.05 Å². The first-order valence-electron chi connectivity index (χ1n) is 4.58. The lowest BCUT2D eigenvalue weighted by atomic mass is 10.3. The van der Waals surface area contributed by atoms with Gasteiger partial charge < -0.3 is 4.57 Å². The van der Waals surface area contributed by atoms with Crippen LogP contribution in [0.2, 0.25) is 10.3 Å². The number of nitrogens with zero attached hydrogens (tertiary/aromatic N) is 4. The summed E-state index contributed by atoms with van der Waals surface area (Å²) in [5.74, 6) is 0. The van der Waals surface area contributed by atoms with Gasteiger partial charge in [0.25, 0.3) is 0 Å². The fourth-order valence-electron chi connectivity index (χ4n) is 1.85. The van der Waals surface area contributed by atoms with E-state index in [1.54, 1.807) is 12.3 Å². The Morgan fingerprint density at radius 2 is 2.00 bits per heavy atom. The number of pyridine rings is 1. The number of rotatable bonds is 0. The van der Waals surface area contributed by atoms with Gasteiger partial charge in [0.2, 0.25) is 0 Å². The van der Waals surface area contributed by atoms with Crippen LogP contribution in [-0.2, 0) is 7.05 Å². The fourth-order valence-corrected chi connectivity index (χ4v) is 2.26. The van der Waals surface area contributed by atoms with E-state index in [9.17, 15) is 0 Å². The van der Waals surface area contributed by atoms with E-state index in [-0.39, 0.29) is 0 Å². The van der Waals surface area contributed by atoms with E-state index in [1.807, 2.05) is 11.6 Å². The summed E-state index contributed by atoms with van der Waals surface area (Å²) in [4.78, 5) is 12.2. The van der Waals surface area contributed by atoms with Crippen LogP contribution in [0, 0.1) is 0 Å². The van der Waals surface area contributed by atoms with Gasteiger partial charge in [0.05, 0.1) is 5.52 Å². The summed E-state index contributed by atoms with van der Waals surface area (Å²) in [7, 11) is 1.90. The third-order valence-corrected chi connectivity index (χ3v) is 3.06. The van der Waals surface area contributed by atoms with Gasteiger partial charge in [-0.2, -0.15) is 0 Å². The maximum atomic E-state index is 6.05. The molecular formula is C10H6Cl2N4. The minimum Gasteiger partial charge on any atom is -0.340 e. The number of aryl methyl sites for hydroxylation is 1. The van der Waals surface area contributed by atoms with Crippen LogP contribution in [0.1, 0.15) is 0 Å². The molecule has 6 heteroatoms. The fraction of sp³-hybridized carbons (Fsp3) is 0.100. The Balaban J connectivity index is 2.64. The van der Waals surface area contributed by atoms with Crippen molar-refractivity contribution in [1.29, 1.82) is 0 Å². The third kappa shape index (κ3) is 1.20. The summed E-state index contributed by atoms with van der Waals surface area (Å²) < 4.78 is 1.92. The summed E-state index contributed by atoms with van der Waals surface area (Å²) in [6.07, 6.45) is 3.14. The summed E-state index contributed by atoms with van der Waals surface area (Å²) in [5, 5.41) is 1.80. The SMILES string of the molecule is Cn1c2cc(Cl)ncc2c2ncnc(Cl)c21. The molecule has 0 radical (unpaired) electrons. The van der Waals surface area contributed by atoms with Crippen molar-refractivity contribution in [3.63, 3.8) is 0 Å². The van der Waals surface area contributed by atoms with Crippen molar-refractivity contribution in [2.45, 2.75) is 0 Å². The van der Waals surface area contributed by atoms with Crippen molar-refractivity contribution in [1.82, 2.24) is 19.5 Å². The molecular weight excluding hydrogens is 247 g/mol. The van der Waals surface area contributed by atoms with Gasteiger partial charge in [-0.3, -0.25) is 0 Å². The van der Waals surface area contributed by atoms with Crippen LogP contribution in [-0.4, -0.2) is 19.5 Å². The molecule has 0 aromatic carbocycles. The van der Waals surface area contributed by atoms with Crippen molar-refractivity contribution in [3.8, 4) is 0 Å². The van der Waals surface area contributed by atoms with Crippen LogP contribution in [0.3, 0.4) is 0 Å². The summed E-state index contributed by atoms with van der Waals surface area (Å²) in [5.41, 5.74) is 2.53. The molecule has 16 heavy (non-hydrogen) atoms. The first-order valence-corrected chi connectivity index (χ1v) is 5.34.